The summed E-state index contributed by atoms with van der Waals surface area (Å²) in [4.78, 5) is 4.16. The fourth-order valence-electron chi connectivity index (χ4n) is 1.05. The summed E-state index contributed by atoms with van der Waals surface area (Å²) in [5.41, 5.74) is 0.500. The quantitative estimate of drug-likeness (QED) is 0.608. The maximum absolute atomic E-state index is 10.8. The summed E-state index contributed by atoms with van der Waals surface area (Å²) in [5.74, 6) is 0. The molecule has 0 aliphatic carbocycles. The third-order valence-electron chi connectivity index (χ3n) is 1.45. The zero-order chi connectivity index (χ0) is 8.65. The Morgan fingerprint density at radius 3 is 2.36 bits per heavy atom. The Morgan fingerprint density at radius 2 is 2.18 bits per heavy atom. The van der Waals surface area contributed by atoms with Gasteiger partial charge in [0.15, 0.2) is 0 Å². The van der Waals surface area contributed by atoms with Gasteiger partial charge in [0.1, 0.15) is 4.91 Å². The average Bonchev–Trinajstić information content (AvgIpc) is 2.08. The molecule has 1 aliphatic heterocycles. The van der Waals surface area contributed by atoms with Crippen LogP contribution in [0, 0.1) is 0 Å². The first kappa shape index (κ1) is 8.42. The van der Waals surface area contributed by atoms with Crippen molar-refractivity contribution >= 4 is 15.7 Å². The van der Waals surface area contributed by atoms with Crippen molar-refractivity contribution in [1.29, 1.82) is 0 Å². The highest BCUT2D eigenvalue weighted by atomic mass is 32.2. The van der Waals surface area contributed by atoms with Crippen LogP contribution < -0.4 is 5.14 Å². The lowest BCUT2D eigenvalue weighted by atomic mass is 10.3. The lowest BCUT2D eigenvalue weighted by molar-refractivity contribution is 0.605. The van der Waals surface area contributed by atoms with Crippen LogP contribution in [-0.4, -0.2) is 20.2 Å². The van der Waals surface area contributed by atoms with Crippen molar-refractivity contribution in [3.8, 4) is 0 Å². The van der Waals surface area contributed by atoms with E-state index in [1.54, 1.807) is 13.0 Å². The summed E-state index contributed by atoms with van der Waals surface area (Å²) in [6.07, 6.45) is 1.55. The predicted molar refractivity (Wildman–Crippen MR) is 43.8 cm³/mol. The second-order valence-corrected chi connectivity index (χ2v) is 4.06. The van der Waals surface area contributed by atoms with Crippen LogP contribution in [0.1, 0.15) is 13.8 Å². The molecule has 0 saturated heterocycles. The van der Waals surface area contributed by atoms with Gasteiger partial charge in [-0.1, -0.05) is 0 Å². The minimum atomic E-state index is -3.55. The van der Waals surface area contributed by atoms with E-state index in [9.17, 15) is 8.42 Å². The first-order chi connectivity index (χ1) is 4.91. The highest BCUT2D eigenvalue weighted by Gasteiger charge is 2.21. The van der Waals surface area contributed by atoms with E-state index < -0.39 is 10.0 Å². The number of hydrogen-bond acceptors (Lipinski definition) is 3. The van der Waals surface area contributed by atoms with Gasteiger partial charge in [-0.25, -0.2) is 13.6 Å². The molecule has 1 rings (SSSR count). The van der Waals surface area contributed by atoms with Crippen molar-refractivity contribution in [1.82, 2.24) is 0 Å². The second-order valence-electron chi connectivity index (χ2n) is 2.53. The average molecular weight is 174 g/mol. The molecule has 0 aromatic rings. The second kappa shape index (κ2) is 2.42. The number of hydrogen-bond donors (Lipinski definition) is 1. The topological polar surface area (TPSA) is 72.5 Å². The normalized spacial score (nSPS) is 24.8. The molecule has 0 radical (unpaired) electrons. The molecule has 1 unspecified atom stereocenters. The Balaban J connectivity index is 3.12. The van der Waals surface area contributed by atoms with Gasteiger partial charge in [0.2, 0.25) is 10.0 Å². The van der Waals surface area contributed by atoms with Crippen LogP contribution in [0.25, 0.3) is 0 Å². The van der Waals surface area contributed by atoms with Crippen LogP contribution >= 0.6 is 0 Å². The first-order valence-corrected chi connectivity index (χ1v) is 4.75. The fourth-order valence-corrected chi connectivity index (χ4v) is 1.90. The van der Waals surface area contributed by atoms with E-state index in [2.05, 4.69) is 4.99 Å². The summed E-state index contributed by atoms with van der Waals surface area (Å²) in [6.45, 7) is 3.45. The zero-order valence-electron chi connectivity index (χ0n) is 6.40. The Morgan fingerprint density at radius 1 is 1.64 bits per heavy atom. The molecule has 0 bridgehead atoms. The molecule has 2 N–H and O–H groups in total. The van der Waals surface area contributed by atoms with E-state index in [0.717, 1.165) is 0 Å². The van der Waals surface area contributed by atoms with Gasteiger partial charge in [0.25, 0.3) is 0 Å². The molecule has 11 heavy (non-hydrogen) atoms. The van der Waals surface area contributed by atoms with Crippen LogP contribution in [0.2, 0.25) is 0 Å². The highest BCUT2D eigenvalue weighted by Crippen LogP contribution is 2.15. The number of sulfonamides is 1. The van der Waals surface area contributed by atoms with Gasteiger partial charge in [-0.2, -0.15) is 0 Å². The van der Waals surface area contributed by atoms with Gasteiger partial charge < -0.3 is 0 Å². The number of aliphatic imine (C=N–C) groups is 1. The lowest BCUT2D eigenvalue weighted by Gasteiger charge is -1.95. The maximum Gasteiger partial charge on any atom is 0.239 e. The molecule has 0 amide bonds. The van der Waals surface area contributed by atoms with E-state index in [-0.39, 0.29) is 10.9 Å². The minimum absolute atomic E-state index is 0.0664. The maximum atomic E-state index is 10.8. The molecule has 0 fully saturated rings. The number of rotatable bonds is 1. The first-order valence-electron chi connectivity index (χ1n) is 3.20. The van der Waals surface area contributed by atoms with Gasteiger partial charge in [-0.15, -0.1) is 0 Å². The molecule has 62 valence electrons. The Hall–Kier alpha value is -0.680. The van der Waals surface area contributed by atoms with Crippen LogP contribution in [-0.2, 0) is 10.0 Å². The number of nitrogens with zero attached hydrogens (tertiary/aromatic N) is 1. The van der Waals surface area contributed by atoms with Crippen molar-refractivity contribution in [2.45, 2.75) is 19.9 Å². The van der Waals surface area contributed by atoms with Gasteiger partial charge in [-0.3, -0.25) is 4.99 Å². The number of allylic oxidation sites excluding steroid dienone is 1. The smallest absolute Gasteiger partial charge is 0.239 e. The molecule has 1 aliphatic rings. The van der Waals surface area contributed by atoms with E-state index in [0.29, 0.717) is 5.71 Å². The highest BCUT2D eigenvalue weighted by molar-refractivity contribution is 7.94. The fraction of sp³-hybridized carbons (Fsp3) is 0.500. The third-order valence-corrected chi connectivity index (χ3v) is 2.50. The molecule has 0 aromatic carbocycles. The van der Waals surface area contributed by atoms with E-state index in [1.807, 2.05) is 6.92 Å². The lowest BCUT2D eigenvalue weighted by Crippen LogP contribution is -2.17. The Kier molecular flexibility index (Phi) is 1.85. The van der Waals surface area contributed by atoms with Gasteiger partial charge in [-0.05, 0) is 19.9 Å². The molecular weight excluding hydrogens is 164 g/mol. The molecule has 1 heterocycles. The summed E-state index contributed by atoms with van der Waals surface area (Å²) < 4.78 is 21.6. The Bertz CT molecular complexity index is 326. The largest absolute Gasteiger partial charge is 0.281 e. The zero-order valence-corrected chi connectivity index (χ0v) is 7.22. The predicted octanol–water partition coefficient (Wildman–Crippen LogP) is 0.0218. The molecule has 5 heteroatoms. The van der Waals surface area contributed by atoms with Gasteiger partial charge in [0, 0.05) is 0 Å². The van der Waals surface area contributed by atoms with Gasteiger partial charge >= 0.3 is 0 Å². The van der Waals surface area contributed by atoms with Crippen LogP contribution in [0.15, 0.2) is 16.0 Å². The van der Waals surface area contributed by atoms with Crippen LogP contribution in [0.4, 0.5) is 0 Å². The van der Waals surface area contributed by atoms with Crippen molar-refractivity contribution < 1.29 is 8.42 Å². The van der Waals surface area contributed by atoms with Crippen molar-refractivity contribution in [3.63, 3.8) is 0 Å². The van der Waals surface area contributed by atoms with E-state index in [1.165, 1.54) is 0 Å². The molecule has 0 saturated carbocycles. The Labute approximate surface area is 65.9 Å². The summed E-state index contributed by atoms with van der Waals surface area (Å²) in [6, 6.07) is -0.0664. The number of primary sulfonamides is 1. The summed E-state index contributed by atoms with van der Waals surface area (Å²) in [5, 5.41) is 4.92. The summed E-state index contributed by atoms with van der Waals surface area (Å²) >= 11 is 0. The SMILES string of the molecule is CC1=NC(C)C=C1S(N)(=O)=O. The molecule has 0 spiro atoms. The van der Waals surface area contributed by atoms with Crippen molar-refractivity contribution in [2.75, 3.05) is 0 Å². The third kappa shape index (κ3) is 1.66. The van der Waals surface area contributed by atoms with E-state index in [4.69, 9.17) is 5.14 Å². The number of nitrogens with two attached hydrogens (primary N) is 1. The van der Waals surface area contributed by atoms with Gasteiger partial charge in [0.05, 0.1) is 11.8 Å². The molecular formula is C6H10N2O2S. The monoisotopic (exact) mass is 174 g/mol. The van der Waals surface area contributed by atoms with Crippen molar-refractivity contribution in [3.05, 3.63) is 11.0 Å². The molecule has 0 aromatic heterocycles. The van der Waals surface area contributed by atoms with E-state index >= 15 is 0 Å². The minimum Gasteiger partial charge on any atom is -0.281 e. The van der Waals surface area contributed by atoms with Crippen LogP contribution in [0.3, 0.4) is 0 Å². The van der Waals surface area contributed by atoms with Crippen molar-refractivity contribution in [2.24, 2.45) is 10.1 Å². The molecule has 4 nitrogen and oxygen atoms in total. The van der Waals surface area contributed by atoms with Crippen LogP contribution in [0.5, 0.6) is 0 Å². The summed E-state index contributed by atoms with van der Waals surface area (Å²) in [7, 11) is -3.55. The standard InChI is InChI=1S/C6H10N2O2S/c1-4-3-6(5(2)8-4)11(7,9)10/h3-4H,1-2H3,(H2,7,9,10). The molecule has 1 atom stereocenters.